The van der Waals surface area contributed by atoms with Crippen LogP contribution in [0.4, 0.5) is 16.2 Å². The summed E-state index contributed by atoms with van der Waals surface area (Å²) in [6.45, 7) is 3.32. The summed E-state index contributed by atoms with van der Waals surface area (Å²) in [6.07, 6.45) is 1.31. The summed E-state index contributed by atoms with van der Waals surface area (Å²) in [6, 6.07) is 14.5. The Morgan fingerprint density at radius 1 is 1.05 bits per heavy atom. The molecule has 0 bridgehead atoms. The van der Waals surface area contributed by atoms with Gasteiger partial charge in [-0.3, -0.25) is 19.7 Å². The van der Waals surface area contributed by atoms with Gasteiger partial charge >= 0.3 is 6.03 Å². The van der Waals surface area contributed by atoms with E-state index in [9.17, 15) is 19.2 Å². The number of benzene rings is 3. The second-order valence-corrected chi connectivity index (χ2v) is 10.6. The lowest BCUT2D eigenvalue weighted by Crippen LogP contribution is -2.54. The second kappa shape index (κ2) is 11.5. The van der Waals surface area contributed by atoms with Crippen molar-refractivity contribution in [2.75, 3.05) is 16.8 Å². The third-order valence-corrected chi connectivity index (χ3v) is 6.82. The number of rotatable bonds is 6. The number of carbonyl (C=O) groups excluding carboxylic acids is 4. The molecule has 0 saturated carbocycles. The van der Waals surface area contributed by atoms with Gasteiger partial charge in [0.05, 0.1) is 10.2 Å². The highest BCUT2D eigenvalue weighted by atomic mass is 79.9. The Kier molecular flexibility index (Phi) is 8.35. The lowest BCUT2D eigenvalue weighted by molar-refractivity contribution is -0.122. The van der Waals surface area contributed by atoms with Crippen LogP contribution >= 0.6 is 43.5 Å². The number of hydrogen-bond donors (Lipinski definition) is 2. The first kappa shape index (κ1) is 27.6. The molecule has 5 amide bonds. The zero-order valence-electron chi connectivity index (χ0n) is 20.1. The zero-order chi connectivity index (χ0) is 27.6. The number of barbiturate groups is 1. The summed E-state index contributed by atoms with van der Waals surface area (Å²) < 4.78 is 6.89. The van der Waals surface area contributed by atoms with Gasteiger partial charge in [0.25, 0.3) is 17.7 Å². The highest BCUT2D eigenvalue weighted by Crippen LogP contribution is 2.35. The second-order valence-electron chi connectivity index (χ2n) is 8.40. The van der Waals surface area contributed by atoms with E-state index in [1.807, 2.05) is 19.1 Å². The van der Waals surface area contributed by atoms with Crippen LogP contribution in [0.2, 0.25) is 5.02 Å². The maximum atomic E-state index is 13.4. The summed E-state index contributed by atoms with van der Waals surface area (Å²) in [4.78, 5) is 52.1. The molecule has 0 aromatic heterocycles. The minimum absolute atomic E-state index is 0.225. The van der Waals surface area contributed by atoms with Crippen LogP contribution in [0.5, 0.6) is 5.75 Å². The molecule has 3 aromatic rings. The number of imide groups is 2. The monoisotopic (exact) mass is 659 g/mol. The standard InChI is InChI=1S/C27H20Br2ClN3O5/c1-14-3-7-19(8-4-14)31-23(34)13-38-24-16(9-17(28)11-21(24)29)10-20-25(35)32-27(37)33(26(20)36)22-12-18(30)6-5-15(22)2/h3-12H,13H2,1-2H3,(H,31,34)(H,32,35,37)/b20-10+. The normalized spacial score (nSPS) is 14.5. The number of nitrogens with one attached hydrogen (secondary N) is 2. The Hall–Kier alpha value is -3.47. The average Bonchev–Trinajstić information content (AvgIpc) is 2.84. The lowest BCUT2D eigenvalue weighted by Gasteiger charge is -2.27. The maximum absolute atomic E-state index is 13.4. The molecule has 1 fully saturated rings. The molecule has 8 nitrogen and oxygen atoms in total. The minimum atomic E-state index is -0.887. The van der Waals surface area contributed by atoms with E-state index in [-0.39, 0.29) is 23.6 Å². The molecule has 0 spiro atoms. The van der Waals surface area contributed by atoms with Crippen LogP contribution in [0.25, 0.3) is 6.08 Å². The molecule has 0 aliphatic carbocycles. The number of halogens is 3. The zero-order valence-corrected chi connectivity index (χ0v) is 24.0. The summed E-state index contributed by atoms with van der Waals surface area (Å²) in [5.74, 6) is -1.87. The van der Waals surface area contributed by atoms with Crippen molar-refractivity contribution in [3.63, 3.8) is 0 Å². The van der Waals surface area contributed by atoms with Crippen LogP contribution in [0.1, 0.15) is 16.7 Å². The van der Waals surface area contributed by atoms with Crippen molar-refractivity contribution in [1.29, 1.82) is 0 Å². The number of amides is 5. The number of urea groups is 1. The maximum Gasteiger partial charge on any atom is 0.335 e. The van der Waals surface area contributed by atoms with E-state index in [1.165, 1.54) is 12.1 Å². The Balaban J connectivity index is 1.64. The Bertz CT molecular complexity index is 1510. The highest BCUT2D eigenvalue weighted by Gasteiger charge is 2.37. The number of ether oxygens (including phenoxy) is 1. The van der Waals surface area contributed by atoms with Crippen molar-refractivity contribution in [1.82, 2.24) is 5.32 Å². The van der Waals surface area contributed by atoms with Crippen molar-refractivity contribution >= 4 is 84.7 Å². The fourth-order valence-corrected chi connectivity index (χ4v) is 5.21. The molecule has 1 saturated heterocycles. The SMILES string of the molecule is Cc1ccc(NC(=O)COc2c(Br)cc(Br)cc2/C=C2\C(=O)NC(=O)N(c3cc(Cl)ccc3C)C2=O)cc1. The molecule has 1 aliphatic heterocycles. The van der Waals surface area contributed by atoms with Gasteiger partial charge in [-0.15, -0.1) is 0 Å². The van der Waals surface area contributed by atoms with Gasteiger partial charge in [-0.2, -0.15) is 0 Å². The van der Waals surface area contributed by atoms with Gasteiger partial charge in [-0.1, -0.05) is 51.3 Å². The molecule has 0 radical (unpaired) electrons. The van der Waals surface area contributed by atoms with Crippen LogP contribution in [-0.2, 0) is 14.4 Å². The number of carbonyl (C=O) groups is 4. The number of hydrogen-bond acceptors (Lipinski definition) is 5. The van der Waals surface area contributed by atoms with Crippen LogP contribution in [0, 0.1) is 13.8 Å². The van der Waals surface area contributed by atoms with Crippen molar-refractivity contribution < 1.29 is 23.9 Å². The van der Waals surface area contributed by atoms with Crippen LogP contribution in [0.3, 0.4) is 0 Å². The third kappa shape index (κ3) is 6.15. The number of aryl methyl sites for hydroxylation is 2. The Morgan fingerprint density at radius 3 is 2.47 bits per heavy atom. The van der Waals surface area contributed by atoms with E-state index in [2.05, 4.69) is 42.5 Å². The molecule has 2 N–H and O–H groups in total. The predicted molar refractivity (Wildman–Crippen MR) is 152 cm³/mol. The van der Waals surface area contributed by atoms with E-state index in [4.69, 9.17) is 16.3 Å². The first-order valence-electron chi connectivity index (χ1n) is 11.2. The first-order valence-corrected chi connectivity index (χ1v) is 13.2. The average molecular weight is 662 g/mol. The fraction of sp³-hybridized carbons (Fsp3) is 0.111. The summed E-state index contributed by atoms with van der Waals surface area (Å²) >= 11 is 12.9. The van der Waals surface area contributed by atoms with Crippen LogP contribution in [0.15, 0.2) is 69.1 Å². The predicted octanol–water partition coefficient (Wildman–Crippen LogP) is 6.17. The molecule has 0 unspecified atom stereocenters. The largest absolute Gasteiger partial charge is 0.482 e. The molecule has 0 atom stereocenters. The molecule has 1 aliphatic rings. The fourth-order valence-electron chi connectivity index (χ4n) is 3.67. The van der Waals surface area contributed by atoms with E-state index < -0.39 is 23.8 Å². The lowest BCUT2D eigenvalue weighted by atomic mass is 10.0. The molecular weight excluding hydrogens is 642 g/mol. The Labute approximate surface area is 240 Å². The molecule has 1 heterocycles. The van der Waals surface area contributed by atoms with E-state index in [0.29, 0.717) is 30.8 Å². The molecule has 3 aromatic carbocycles. The van der Waals surface area contributed by atoms with E-state index in [1.54, 1.807) is 43.3 Å². The van der Waals surface area contributed by atoms with Gasteiger partial charge in [0.2, 0.25) is 0 Å². The summed E-state index contributed by atoms with van der Waals surface area (Å²) in [5, 5.41) is 5.26. The first-order chi connectivity index (χ1) is 18.0. The Morgan fingerprint density at radius 2 is 1.76 bits per heavy atom. The van der Waals surface area contributed by atoms with Gasteiger partial charge in [-0.25, -0.2) is 9.69 Å². The van der Waals surface area contributed by atoms with E-state index >= 15 is 0 Å². The van der Waals surface area contributed by atoms with Crippen molar-refractivity contribution in [2.45, 2.75) is 13.8 Å². The van der Waals surface area contributed by atoms with Crippen molar-refractivity contribution in [3.05, 3.63) is 90.8 Å². The molecule has 11 heteroatoms. The quantitative estimate of drug-likeness (QED) is 0.243. The van der Waals surface area contributed by atoms with Crippen molar-refractivity contribution in [3.8, 4) is 5.75 Å². The van der Waals surface area contributed by atoms with Crippen LogP contribution in [-0.4, -0.2) is 30.4 Å². The molecular formula is C27H20Br2ClN3O5. The molecule has 194 valence electrons. The number of anilines is 2. The number of nitrogens with zero attached hydrogens (tertiary/aromatic N) is 1. The smallest absolute Gasteiger partial charge is 0.335 e. The molecule has 38 heavy (non-hydrogen) atoms. The van der Waals surface area contributed by atoms with E-state index in [0.717, 1.165) is 10.5 Å². The summed E-state index contributed by atoms with van der Waals surface area (Å²) in [5.41, 5.74) is 2.56. The minimum Gasteiger partial charge on any atom is -0.482 e. The van der Waals surface area contributed by atoms with Gasteiger partial charge in [0, 0.05) is 20.7 Å². The molecule has 4 rings (SSSR count). The third-order valence-electron chi connectivity index (χ3n) is 5.53. The van der Waals surface area contributed by atoms with Crippen molar-refractivity contribution in [2.24, 2.45) is 0 Å². The topological polar surface area (TPSA) is 105 Å². The summed E-state index contributed by atoms with van der Waals surface area (Å²) in [7, 11) is 0. The van der Waals surface area contributed by atoms with Crippen LogP contribution < -0.4 is 20.3 Å². The van der Waals surface area contributed by atoms with Gasteiger partial charge < -0.3 is 10.1 Å². The van der Waals surface area contributed by atoms with Gasteiger partial charge in [0.1, 0.15) is 11.3 Å². The van der Waals surface area contributed by atoms with Gasteiger partial charge in [-0.05, 0) is 77.8 Å². The highest BCUT2D eigenvalue weighted by molar-refractivity contribution is 9.11. The van der Waals surface area contributed by atoms with Gasteiger partial charge in [0.15, 0.2) is 6.61 Å².